The Morgan fingerprint density at radius 3 is 2.47 bits per heavy atom. The van der Waals surface area contributed by atoms with Gasteiger partial charge in [-0.05, 0) is 38.0 Å². The van der Waals surface area contributed by atoms with Gasteiger partial charge in [-0.3, -0.25) is 0 Å². The third-order valence-electron chi connectivity index (χ3n) is 3.45. The second-order valence-corrected chi connectivity index (χ2v) is 5.02. The van der Waals surface area contributed by atoms with Crippen LogP contribution in [0.15, 0.2) is 18.2 Å². The zero-order chi connectivity index (χ0) is 13.8. The van der Waals surface area contributed by atoms with Gasteiger partial charge in [0.1, 0.15) is 5.82 Å². The van der Waals surface area contributed by atoms with E-state index in [1.54, 1.807) is 6.92 Å². The fourth-order valence-corrected chi connectivity index (χ4v) is 2.04. The smallest absolute Gasteiger partial charge is 0.319 e. The molecule has 1 aliphatic rings. The molecule has 0 spiro atoms. The molecule has 19 heavy (non-hydrogen) atoms. The molecule has 2 aromatic rings. The highest BCUT2D eigenvalue weighted by Crippen LogP contribution is 2.41. The topological polar surface area (TPSA) is 51.8 Å². The number of nitrogens with two attached hydrogens (primary N) is 1. The maximum absolute atomic E-state index is 12.7. The number of halogens is 3. The van der Waals surface area contributed by atoms with Crippen LogP contribution in [0.1, 0.15) is 29.9 Å². The number of alkyl halides is 3. The molecule has 3 nitrogen and oxygen atoms in total. The highest BCUT2D eigenvalue weighted by Gasteiger charge is 2.43. The first kappa shape index (κ1) is 12.3. The van der Waals surface area contributed by atoms with Crippen molar-refractivity contribution in [2.45, 2.75) is 31.5 Å². The van der Waals surface area contributed by atoms with Crippen LogP contribution in [0.2, 0.25) is 0 Å². The Morgan fingerprint density at radius 2 is 1.89 bits per heavy atom. The normalized spacial score (nSPS) is 17.7. The van der Waals surface area contributed by atoms with Gasteiger partial charge in [-0.15, -0.1) is 0 Å². The van der Waals surface area contributed by atoms with Crippen LogP contribution in [0.4, 0.5) is 13.2 Å². The van der Waals surface area contributed by atoms with E-state index in [0.29, 0.717) is 22.4 Å². The summed E-state index contributed by atoms with van der Waals surface area (Å²) in [6.45, 7) is 1.68. The molecule has 1 heterocycles. The second kappa shape index (κ2) is 3.66. The Morgan fingerprint density at radius 1 is 1.21 bits per heavy atom. The zero-order valence-corrected chi connectivity index (χ0v) is 10.3. The fourth-order valence-electron chi connectivity index (χ4n) is 2.04. The standard InChI is InChI=1S/C13H12F3N3/c1-7-9-6-8(13(14,15)16)2-3-10(9)19-11(18-7)12(17)4-5-12/h2-3,6H,4-5,17H2,1H3. The van der Waals surface area contributed by atoms with E-state index in [1.807, 2.05) is 0 Å². The quantitative estimate of drug-likeness (QED) is 0.864. The van der Waals surface area contributed by atoms with Crippen LogP contribution < -0.4 is 5.73 Å². The van der Waals surface area contributed by atoms with Crippen LogP contribution in [-0.4, -0.2) is 9.97 Å². The number of hydrogen-bond donors (Lipinski definition) is 1. The van der Waals surface area contributed by atoms with Crippen molar-refractivity contribution in [3.63, 3.8) is 0 Å². The van der Waals surface area contributed by atoms with Crippen molar-refractivity contribution < 1.29 is 13.2 Å². The molecule has 0 bridgehead atoms. The fraction of sp³-hybridized carbons (Fsp3) is 0.385. The van der Waals surface area contributed by atoms with Gasteiger partial charge < -0.3 is 5.73 Å². The molecule has 1 saturated carbocycles. The van der Waals surface area contributed by atoms with Gasteiger partial charge in [0.15, 0.2) is 0 Å². The Kier molecular flexibility index (Phi) is 2.38. The van der Waals surface area contributed by atoms with E-state index in [-0.39, 0.29) is 0 Å². The molecular weight excluding hydrogens is 255 g/mol. The number of benzene rings is 1. The Hall–Kier alpha value is -1.69. The molecule has 0 unspecified atom stereocenters. The van der Waals surface area contributed by atoms with Crippen molar-refractivity contribution in [2.75, 3.05) is 0 Å². The first-order valence-electron chi connectivity index (χ1n) is 5.95. The third kappa shape index (κ3) is 2.06. The minimum Gasteiger partial charge on any atom is -0.319 e. The molecule has 1 aromatic carbocycles. The molecular formula is C13H12F3N3. The molecule has 100 valence electrons. The summed E-state index contributed by atoms with van der Waals surface area (Å²) in [5, 5.41) is 0.419. The van der Waals surface area contributed by atoms with Gasteiger partial charge in [-0.1, -0.05) is 0 Å². The van der Waals surface area contributed by atoms with Crippen molar-refractivity contribution in [3.05, 3.63) is 35.3 Å². The average molecular weight is 267 g/mol. The molecule has 0 saturated heterocycles. The lowest BCUT2D eigenvalue weighted by Gasteiger charge is -2.12. The van der Waals surface area contributed by atoms with Gasteiger partial charge in [0, 0.05) is 11.1 Å². The van der Waals surface area contributed by atoms with E-state index >= 15 is 0 Å². The molecule has 0 radical (unpaired) electrons. The van der Waals surface area contributed by atoms with Gasteiger partial charge in [0.2, 0.25) is 0 Å². The number of fused-ring (bicyclic) bond motifs is 1. The largest absolute Gasteiger partial charge is 0.416 e. The van der Waals surface area contributed by atoms with E-state index in [4.69, 9.17) is 5.73 Å². The predicted molar refractivity (Wildman–Crippen MR) is 64.4 cm³/mol. The first-order chi connectivity index (χ1) is 8.79. The molecule has 0 aliphatic heterocycles. The summed E-state index contributed by atoms with van der Waals surface area (Å²) in [6.07, 6.45) is -2.72. The van der Waals surface area contributed by atoms with Crippen molar-refractivity contribution >= 4 is 10.9 Å². The summed E-state index contributed by atoms with van der Waals surface area (Å²) in [5.41, 5.74) is 5.89. The van der Waals surface area contributed by atoms with E-state index in [0.717, 1.165) is 25.0 Å². The van der Waals surface area contributed by atoms with Gasteiger partial charge >= 0.3 is 6.18 Å². The molecule has 0 atom stereocenters. The number of nitrogens with zero attached hydrogens (tertiary/aromatic N) is 2. The Labute approximate surface area is 107 Å². The summed E-state index contributed by atoms with van der Waals surface area (Å²) >= 11 is 0. The lowest BCUT2D eigenvalue weighted by atomic mass is 10.1. The number of hydrogen-bond acceptors (Lipinski definition) is 3. The van der Waals surface area contributed by atoms with E-state index in [9.17, 15) is 13.2 Å². The van der Waals surface area contributed by atoms with Gasteiger partial charge in [-0.25, -0.2) is 9.97 Å². The minimum absolute atomic E-state index is 0.419. The van der Waals surface area contributed by atoms with E-state index in [2.05, 4.69) is 9.97 Å². The lowest BCUT2D eigenvalue weighted by Crippen LogP contribution is -2.22. The van der Waals surface area contributed by atoms with Gasteiger partial charge in [0.05, 0.1) is 16.6 Å². The van der Waals surface area contributed by atoms with Crippen molar-refractivity contribution in [2.24, 2.45) is 5.73 Å². The summed E-state index contributed by atoms with van der Waals surface area (Å²) < 4.78 is 38.0. The first-order valence-corrected chi connectivity index (χ1v) is 5.95. The van der Waals surface area contributed by atoms with Crippen molar-refractivity contribution in [1.82, 2.24) is 9.97 Å². The zero-order valence-electron chi connectivity index (χ0n) is 10.3. The third-order valence-corrected chi connectivity index (χ3v) is 3.45. The minimum atomic E-state index is -4.36. The van der Waals surface area contributed by atoms with Crippen LogP contribution in [0.3, 0.4) is 0 Å². The lowest BCUT2D eigenvalue weighted by molar-refractivity contribution is -0.137. The second-order valence-electron chi connectivity index (χ2n) is 5.02. The van der Waals surface area contributed by atoms with Crippen LogP contribution in [0.25, 0.3) is 10.9 Å². The van der Waals surface area contributed by atoms with E-state index < -0.39 is 17.3 Å². The highest BCUT2D eigenvalue weighted by molar-refractivity contribution is 5.81. The molecule has 3 rings (SSSR count). The van der Waals surface area contributed by atoms with Crippen molar-refractivity contribution in [3.8, 4) is 0 Å². The van der Waals surface area contributed by atoms with Crippen LogP contribution in [0.5, 0.6) is 0 Å². The average Bonchev–Trinajstić information content (AvgIpc) is 3.07. The molecule has 1 fully saturated rings. The SMILES string of the molecule is Cc1nc(C2(N)CC2)nc2ccc(C(F)(F)F)cc12. The van der Waals surface area contributed by atoms with Crippen LogP contribution >= 0.6 is 0 Å². The number of rotatable bonds is 1. The molecule has 1 aliphatic carbocycles. The highest BCUT2D eigenvalue weighted by atomic mass is 19.4. The maximum Gasteiger partial charge on any atom is 0.416 e. The van der Waals surface area contributed by atoms with Crippen LogP contribution in [0, 0.1) is 6.92 Å². The van der Waals surface area contributed by atoms with Gasteiger partial charge in [-0.2, -0.15) is 13.2 Å². The van der Waals surface area contributed by atoms with Crippen LogP contribution in [-0.2, 0) is 11.7 Å². The summed E-state index contributed by atoms with van der Waals surface area (Å²) in [4.78, 5) is 8.54. The van der Waals surface area contributed by atoms with E-state index in [1.165, 1.54) is 6.07 Å². The number of aromatic nitrogens is 2. The number of aryl methyl sites for hydroxylation is 1. The predicted octanol–water partition coefficient (Wildman–Crippen LogP) is 2.90. The molecule has 1 aromatic heterocycles. The van der Waals surface area contributed by atoms with Gasteiger partial charge in [0.25, 0.3) is 0 Å². The Balaban J connectivity index is 2.18. The Bertz CT molecular complexity index is 660. The van der Waals surface area contributed by atoms with Crippen molar-refractivity contribution in [1.29, 1.82) is 0 Å². The molecule has 2 N–H and O–H groups in total. The summed E-state index contributed by atoms with van der Waals surface area (Å²) in [5.74, 6) is 0.525. The summed E-state index contributed by atoms with van der Waals surface area (Å²) in [7, 11) is 0. The summed E-state index contributed by atoms with van der Waals surface area (Å²) in [6, 6.07) is 3.50. The monoisotopic (exact) mass is 267 g/mol. The molecule has 6 heteroatoms. The molecule has 0 amide bonds. The maximum atomic E-state index is 12.7.